The van der Waals surface area contributed by atoms with Crippen LogP contribution in [0, 0.1) is 5.82 Å². The zero-order chi connectivity index (χ0) is 20.1. The van der Waals surface area contributed by atoms with Crippen molar-refractivity contribution < 1.29 is 19.2 Å². The van der Waals surface area contributed by atoms with Gasteiger partial charge in [-0.05, 0) is 53.6 Å². The number of hydrogen-bond acceptors (Lipinski definition) is 2. The highest BCUT2D eigenvalue weighted by Crippen LogP contribution is 2.28. The molecule has 0 aliphatic carbocycles. The van der Waals surface area contributed by atoms with Crippen LogP contribution in [0.4, 0.5) is 4.39 Å². The average Bonchev–Trinajstić information content (AvgIpc) is 2.69. The van der Waals surface area contributed by atoms with Crippen molar-refractivity contribution in [2.75, 3.05) is 13.1 Å². The molecule has 0 aliphatic rings. The van der Waals surface area contributed by atoms with Gasteiger partial charge in [-0.3, -0.25) is 4.79 Å². The van der Waals surface area contributed by atoms with Gasteiger partial charge in [0, 0.05) is 11.0 Å². The summed E-state index contributed by atoms with van der Waals surface area (Å²) in [6.07, 6.45) is 0. The molecule has 0 spiro atoms. The topological polar surface area (TPSA) is 53.8 Å². The molecule has 3 N–H and O–H groups in total. The van der Waals surface area contributed by atoms with Crippen LogP contribution in [0.5, 0.6) is 5.75 Å². The lowest BCUT2D eigenvalue weighted by molar-refractivity contribution is -0.904. The second-order valence-corrected chi connectivity index (χ2v) is 7.70. The molecular weight excluding hydrogens is 423 g/mol. The number of carbonyl (C=O) groups is 1. The summed E-state index contributed by atoms with van der Waals surface area (Å²) in [5.41, 5.74) is 1.69. The number of halogens is 2. The third-order valence-corrected chi connectivity index (χ3v) is 5.30. The zero-order valence-corrected chi connectivity index (χ0v) is 17.2. The Bertz CT molecular complexity index is 976. The number of fused-ring (bicyclic) bond motifs is 1. The maximum atomic E-state index is 13.0. The van der Waals surface area contributed by atoms with Crippen LogP contribution in [-0.2, 0) is 17.9 Å². The second-order valence-electron chi connectivity index (χ2n) is 6.79. The standard InChI is InChI=1S/C22H22BrFN2O2/c1-2-26(14-22(28)25-12-15-3-7-18(24)8-4-15)13-20-19-9-6-17(23)11-16(19)5-10-21(20)27/h3-11,27H,2,12-14H2,1H3,(H,25,28)/p+1. The van der Waals surface area contributed by atoms with E-state index < -0.39 is 0 Å². The second kappa shape index (κ2) is 9.17. The third-order valence-electron chi connectivity index (χ3n) is 4.81. The van der Waals surface area contributed by atoms with Crippen molar-refractivity contribution in [3.8, 4) is 5.75 Å². The molecule has 0 aromatic heterocycles. The molecule has 0 saturated carbocycles. The van der Waals surface area contributed by atoms with Gasteiger partial charge < -0.3 is 15.3 Å². The molecule has 1 atom stereocenters. The Balaban J connectivity index is 1.67. The summed E-state index contributed by atoms with van der Waals surface area (Å²) in [5.74, 6) is -0.130. The van der Waals surface area contributed by atoms with Gasteiger partial charge >= 0.3 is 0 Å². The molecule has 3 rings (SSSR count). The van der Waals surface area contributed by atoms with E-state index in [9.17, 15) is 14.3 Å². The molecule has 28 heavy (non-hydrogen) atoms. The van der Waals surface area contributed by atoms with Crippen molar-refractivity contribution in [1.82, 2.24) is 5.32 Å². The average molecular weight is 446 g/mol. The highest BCUT2D eigenvalue weighted by molar-refractivity contribution is 9.10. The first-order valence-corrected chi connectivity index (χ1v) is 10.0. The van der Waals surface area contributed by atoms with Crippen LogP contribution in [0.2, 0.25) is 0 Å². The van der Waals surface area contributed by atoms with Crippen LogP contribution in [0.1, 0.15) is 18.1 Å². The first-order chi connectivity index (χ1) is 13.5. The maximum Gasteiger partial charge on any atom is 0.275 e. The molecule has 0 saturated heterocycles. The monoisotopic (exact) mass is 445 g/mol. The summed E-state index contributed by atoms with van der Waals surface area (Å²) in [5, 5.41) is 15.3. The van der Waals surface area contributed by atoms with E-state index in [1.165, 1.54) is 12.1 Å². The number of nitrogens with one attached hydrogen (secondary N) is 2. The number of amides is 1. The summed E-state index contributed by atoms with van der Waals surface area (Å²) in [6, 6.07) is 15.6. The number of benzene rings is 3. The van der Waals surface area contributed by atoms with Gasteiger partial charge in [0.05, 0.1) is 12.1 Å². The van der Waals surface area contributed by atoms with Gasteiger partial charge in [-0.1, -0.05) is 40.2 Å². The molecule has 4 nitrogen and oxygen atoms in total. The summed E-state index contributed by atoms with van der Waals surface area (Å²) >= 11 is 3.47. The summed E-state index contributed by atoms with van der Waals surface area (Å²) in [4.78, 5) is 13.4. The number of likely N-dealkylation sites (N-methyl/N-ethyl adjacent to an activating group) is 1. The normalized spacial score (nSPS) is 12.1. The summed E-state index contributed by atoms with van der Waals surface area (Å²) in [6.45, 7) is 3.97. The molecule has 146 valence electrons. The fourth-order valence-electron chi connectivity index (χ4n) is 3.19. The minimum atomic E-state index is -0.293. The van der Waals surface area contributed by atoms with Crippen molar-refractivity contribution in [3.05, 3.63) is 76.0 Å². The molecule has 0 radical (unpaired) electrons. The Morgan fingerprint density at radius 2 is 1.89 bits per heavy atom. The Morgan fingerprint density at radius 1 is 1.14 bits per heavy atom. The summed E-state index contributed by atoms with van der Waals surface area (Å²) < 4.78 is 13.9. The van der Waals surface area contributed by atoms with E-state index in [0.29, 0.717) is 19.6 Å². The molecule has 3 aromatic carbocycles. The van der Waals surface area contributed by atoms with Gasteiger partial charge in [0.2, 0.25) is 0 Å². The Hall–Kier alpha value is -2.44. The highest BCUT2D eigenvalue weighted by Gasteiger charge is 2.17. The molecule has 1 amide bonds. The van der Waals surface area contributed by atoms with E-state index in [1.54, 1.807) is 18.2 Å². The van der Waals surface area contributed by atoms with Crippen molar-refractivity contribution >= 4 is 32.6 Å². The van der Waals surface area contributed by atoms with Gasteiger partial charge in [0.25, 0.3) is 5.91 Å². The fourth-order valence-corrected chi connectivity index (χ4v) is 3.57. The molecule has 0 fully saturated rings. The van der Waals surface area contributed by atoms with Gasteiger partial charge in [0.1, 0.15) is 18.1 Å². The van der Waals surface area contributed by atoms with Gasteiger partial charge in [-0.15, -0.1) is 0 Å². The van der Waals surface area contributed by atoms with Gasteiger partial charge in [-0.25, -0.2) is 4.39 Å². The van der Waals surface area contributed by atoms with Crippen LogP contribution in [0.25, 0.3) is 10.8 Å². The van der Waals surface area contributed by atoms with Crippen LogP contribution in [-0.4, -0.2) is 24.1 Å². The molecule has 3 aromatic rings. The van der Waals surface area contributed by atoms with E-state index in [2.05, 4.69) is 21.2 Å². The van der Waals surface area contributed by atoms with E-state index >= 15 is 0 Å². The Morgan fingerprint density at radius 3 is 2.61 bits per heavy atom. The minimum Gasteiger partial charge on any atom is -0.507 e. The SMILES string of the molecule is CC[NH+](CC(=O)NCc1ccc(F)cc1)Cc1c(O)ccc2cc(Br)ccc12. The van der Waals surface area contributed by atoms with E-state index in [0.717, 1.165) is 37.8 Å². The van der Waals surface area contributed by atoms with Crippen molar-refractivity contribution in [1.29, 1.82) is 0 Å². The molecule has 6 heteroatoms. The maximum absolute atomic E-state index is 13.0. The van der Waals surface area contributed by atoms with Crippen LogP contribution >= 0.6 is 15.9 Å². The molecule has 0 heterocycles. The number of aromatic hydroxyl groups is 1. The third kappa shape index (κ3) is 5.09. The number of carbonyl (C=O) groups excluding carboxylic acids is 1. The number of rotatable bonds is 7. The first-order valence-electron chi connectivity index (χ1n) is 9.21. The predicted octanol–water partition coefficient (Wildman–Crippen LogP) is 3.17. The van der Waals surface area contributed by atoms with Crippen molar-refractivity contribution in [2.45, 2.75) is 20.0 Å². The lowest BCUT2D eigenvalue weighted by Gasteiger charge is -2.19. The van der Waals surface area contributed by atoms with E-state index in [-0.39, 0.29) is 17.5 Å². The zero-order valence-electron chi connectivity index (χ0n) is 15.6. The van der Waals surface area contributed by atoms with Gasteiger partial charge in [-0.2, -0.15) is 0 Å². The lowest BCUT2D eigenvalue weighted by atomic mass is 10.0. The van der Waals surface area contributed by atoms with E-state index in [1.807, 2.05) is 31.2 Å². The van der Waals surface area contributed by atoms with Gasteiger partial charge in [0.15, 0.2) is 6.54 Å². The van der Waals surface area contributed by atoms with Crippen molar-refractivity contribution in [3.63, 3.8) is 0 Å². The first kappa shape index (κ1) is 20.3. The van der Waals surface area contributed by atoms with Crippen LogP contribution < -0.4 is 10.2 Å². The predicted molar refractivity (Wildman–Crippen MR) is 112 cm³/mol. The molecule has 0 aliphatic heterocycles. The molecule has 0 bridgehead atoms. The lowest BCUT2D eigenvalue weighted by Crippen LogP contribution is -3.11. The Kier molecular flexibility index (Phi) is 6.65. The molecule has 1 unspecified atom stereocenters. The summed E-state index contributed by atoms with van der Waals surface area (Å²) in [7, 11) is 0. The fraction of sp³-hybridized carbons (Fsp3) is 0.227. The minimum absolute atomic E-state index is 0.0800. The number of phenolic OH excluding ortho intramolecular Hbond substituents is 1. The smallest absolute Gasteiger partial charge is 0.275 e. The van der Waals surface area contributed by atoms with E-state index in [4.69, 9.17) is 0 Å². The number of hydrogen-bond donors (Lipinski definition) is 3. The largest absolute Gasteiger partial charge is 0.507 e. The highest BCUT2D eigenvalue weighted by atomic mass is 79.9. The quantitative estimate of drug-likeness (QED) is 0.523. The van der Waals surface area contributed by atoms with Crippen LogP contribution in [0.15, 0.2) is 59.1 Å². The van der Waals surface area contributed by atoms with Crippen LogP contribution in [0.3, 0.4) is 0 Å². The van der Waals surface area contributed by atoms with Crippen molar-refractivity contribution in [2.24, 2.45) is 0 Å². The number of phenols is 1. The number of quaternary nitrogens is 1. The Labute approximate surface area is 172 Å². The molecular formula is C22H23BrFN2O2+.